The van der Waals surface area contributed by atoms with Gasteiger partial charge in [-0.2, -0.15) is 0 Å². The van der Waals surface area contributed by atoms with Gasteiger partial charge >= 0.3 is 0 Å². The van der Waals surface area contributed by atoms with Gasteiger partial charge in [-0.1, -0.05) is 0 Å². The lowest BCUT2D eigenvalue weighted by atomic mass is 10.1. The van der Waals surface area contributed by atoms with E-state index >= 15 is 0 Å². The molecular weight excluding hydrogens is 160 g/mol. The van der Waals surface area contributed by atoms with E-state index in [1.165, 1.54) is 31.4 Å². The molecule has 1 N–H and O–H groups in total. The first kappa shape index (κ1) is 7.63. The Balaban J connectivity index is 1.68. The van der Waals surface area contributed by atoms with Crippen molar-refractivity contribution in [1.82, 2.24) is 9.88 Å². The highest BCUT2D eigenvalue weighted by Gasteiger charge is 2.37. The molecule has 1 aromatic heterocycles. The van der Waals surface area contributed by atoms with E-state index in [0.29, 0.717) is 0 Å². The molecule has 13 heavy (non-hydrogen) atoms. The van der Waals surface area contributed by atoms with E-state index in [0.717, 1.165) is 18.5 Å². The van der Waals surface area contributed by atoms with Gasteiger partial charge in [0, 0.05) is 31.5 Å². The molecule has 0 spiro atoms. The minimum absolute atomic E-state index is 0.903. The van der Waals surface area contributed by atoms with Crippen molar-refractivity contribution in [2.24, 2.45) is 5.92 Å². The standard InChI is InChI=1S/C11H16N2/c1-2-11-5-9(1)7-13(11)8-10-3-4-12-6-10/h3-4,6,9,11-12H,1-2,5,7-8H2. The Bertz CT molecular complexity index is 278. The molecule has 2 atom stereocenters. The largest absolute Gasteiger partial charge is 0.367 e. The Hall–Kier alpha value is -0.760. The molecule has 0 amide bonds. The van der Waals surface area contributed by atoms with Gasteiger partial charge in [0.15, 0.2) is 0 Å². The summed E-state index contributed by atoms with van der Waals surface area (Å²) in [7, 11) is 0. The zero-order chi connectivity index (χ0) is 8.67. The van der Waals surface area contributed by atoms with Crippen molar-refractivity contribution in [1.29, 1.82) is 0 Å². The van der Waals surface area contributed by atoms with E-state index in [9.17, 15) is 0 Å². The van der Waals surface area contributed by atoms with Gasteiger partial charge in [0.1, 0.15) is 0 Å². The second-order valence-electron chi connectivity index (χ2n) is 4.48. The first-order valence-electron chi connectivity index (χ1n) is 5.27. The van der Waals surface area contributed by atoms with Crippen molar-refractivity contribution >= 4 is 0 Å². The number of hydrogen-bond donors (Lipinski definition) is 1. The summed E-state index contributed by atoms with van der Waals surface area (Å²) in [5.74, 6) is 1.02. The molecule has 1 saturated heterocycles. The molecule has 1 saturated carbocycles. The molecule has 1 aliphatic heterocycles. The van der Waals surface area contributed by atoms with Crippen LogP contribution in [-0.2, 0) is 6.54 Å². The number of rotatable bonds is 2. The van der Waals surface area contributed by atoms with Crippen molar-refractivity contribution in [3.05, 3.63) is 24.0 Å². The number of likely N-dealkylation sites (tertiary alicyclic amines) is 1. The summed E-state index contributed by atoms with van der Waals surface area (Å²) in [6.45, 7) is 2.50. The second-order valence-corrected chi connectivity index (χ2v) is 4.48. The summed E-state index contributed by atoms with van der Waals surface area (Å²) in [4.78, 5) is 5.77. The molecule has 0 aromatic carbocycles. The molecule has 2 aliphatic rings. The van der Waals surface area contributed by atoms with Crippen LogP contribution < -0.4 is 0 Å². The first-order chi connectivity index (χ1) is 6.42. The second kappa shape index (κ2) is 2.88. The van der Waals surface area contributed by atoms with Crippen LogP contribution in [0, 0.1) is 5.92 Å². The Labute approximate surface area is 78.9 Å². The highest BCUT2D eigenvalue weighted by Crippen LogP contribution is 2.37. The van der Waals surface area contributed by atoms with Crippen molar-refractivity contribution < 1.29 is 0 Å². The van der Waals surface area contributed by atoms with Crippen molar-refractivity contribution in [2.75, 3.05) is 6.54 Å². The Morgan fingerprint density at radius 2 is 2.46 bits per heavy atom. The quantitative estimate of drug-likeness (QED) is 0.730. The number of fused-ring (bicyclic) bond motifs is 2. The number of aromatic nitrogens is 1. The van der Waals surface area contributed by atoms with Gasteiger partial charge in [-0.15, -0.1) is 0 Å². The molecule has 2 nitrogen and oxygen atoms in total. The minimum Gasteiger partial charge on any atom is -0.367 e. The van der Waals surface area contributed by atoms with Crippen LogP contribution in [0.15, 0.2) is 18.5 Å². The van der Waals surface area contributed by atoms with Crippen LogP contribution in [0.25, 0.3) is 0 Å². The smallest absolute Gasteiger partial charge is 0.0251 e. The monoisotopic (exact) mass is 176 g/mol. The fraction of sp³-hybridized carbons (Fsp3) is 0.636. The van der Waals surface area contributed by atoms with Crippen LogP contribution in [0.5, 0.6) is 0 Å². The summed E-state index contributed by atoms with van der Waals surface area (Å²) in [6.07, 6.45) is 8.52. The van der Waals surface area contributed by atoms with Crippen molar-refractivity contribution in [3.8, 4) is 0 Å². The van der Waals surface area contributed by atoms with Crippen LogP contribution in [0.1, 0.15) is 24.8 Å². The summed E-state index contributed by atoms with van der Waals surface area (Å²) >= 11 is 0. The Morgan fingerprint density at radius 3 is 3.08 bits per heavy atom. The molecule has 70 valence electrons. The lowest BCUT2D eigenvalue weighted by Gasteiger charge is -2.26. The van der Waals surface area contributed by atoms with Gasteiger partial charge in [-0.05, 0) is 36.8 Å². The predicted octanol–water partition coefficient (Wildman–Crippen LogP) is 2.00. The van der Waals surface area contributed by atoms with Gasteiger partial charge in [0.25, 0.3) is 0 Å². The maximum absolute atomic E-state index is 3.12. The molecule has 1 aromatic rings. The fourth-order valence-corrected chi connectivity index (χ4v) is 2.91. The maximum Gasteiger partial charge on any atom is 0.0251 e. The number of aromatic amines is 1. The van der Waals surface area contributed by atoms with E-state index < -0.39 is 0 Å². The average Bonchev–Trinajstić information content (AvgIpc) is 2.77. The summed E-state index contributed by atoms with van der Waals surface area (Å²) in [5, 5.41) is 0. The Kier molecular flexibility index (Phi) is 1.69. The van der Waals surface area contributed by atoms with Crippen LogP contribution >= 0.6 is 0 Å². The molecular formula is C11H16N2. The third kappa shape index (κ3) is 1.29. The highest BCUT2D eigenvalue weighted by molar-refractivity contribution is 5.09. The van der Waals surface area contributed by atoms with E-state index in [-0.39, 0.29) is 0 Å². The fourth-order valence-electron chi connectivity index (χ4n) is 2.91. The van der Waals surface area contributed by atoms with E-state index in [1.807, 2.05) is 6.20 Å². The topological polar surface area (TPSA) is 19.0 Å². The third-order valence-electron chi connectivity index (χ3n) is 3.57. The number of nitrogens with zero attached hydrogens (tertiary/aromatic N) is 1. The van der Waals surface area contributed by atoms with E-state index in [4.69, 9.17) is 0 Å². The molecule has 1 aliphatic carbocycles. The van der Waals surface area contributed by atoms with Crippen molar-refractivity contribution in [2.45, 2.75) is 31.8 Å². The third-order valence-corrected chi connectivity index (χ3v) is 3.57. The van der Waals surface area contributed by atoms with Crippen LogP contribution in [0.4, 0.5) is 0 Å². The van der Waals surface area contributed by atoms with Gasteiger partial charge in [-0.25, -0.2) is 0 Å². The average molecular weight is 176 g/mol. The van der Waals surface area contributed by atoms with Gasteiger partial charge < -0.3 is 4.98 Å². The summed E-state index contributed by atoms with van der Waals surface area (Å²) in [5.41, 5.74) is 1.44. The minimum atomic E-state index is 0.903. The number of piperidine rings is 1. The zero-order valence-electron chi connectivity index (χ0n) is 7.87. The summed E-state index contributed by atoms with van der Waals surface area (Å²) in [6, 6.07) is 3.09. The van der Waals surface area contributed by atoms with Gasteiger partial charge in [0.05, 0.1) is 0 Å². The highest BCUT2D eigenvalue weighted by atomic mass is 15.2. The molecule has 2 bridgehead atoms. The van der Waals surface area contributed by atoms with Gasteiger partial charge in [0.2, 0.25) is 0 Å². The van der Waals surface area contributed by atoms with Gasteiger partial charge in [-0.3, -0.25) is 4.90 Å². The zero-order valence-corrected chi connectivity index (χ0v) is 7.87. The number of nitrogens with one attached hydrogen (secondary N) is 1. The first-order valence-corrected chi connectivity index (χ1v) is 5.27. The molecule has 0 radical (unpaired) electrons. The summed E-state index contributed by atoms with van der Waals surface area (Å²) < 4.78 is 0. The predicted molar refractivity (Wildman–Crippen MR) is 52.3 cm³/mol. The molecule has 2 heteroatoms. The van der Waals surface area contributed by atoms with Crippen LogP contribution in [-0.4, -0.2) is 22.5 Å². The van der Waals surface area contributed by atoms with Crippen LogP contribution in [0.3, 0.4) is 0 Å². The molecule has 2 fully saturated rings. The van der Waals surface area contributed by atoms with Crippen LogP contribution in [0.2, 0.25) is 0 Å². The molecule has 2 unspecified atom stereocenters. The number of hydrogen-bond acceptors (Lipinski definition) is 1. The van der Waals surface area contributed by atoms with Crippen molar-refractivity contribution in [3.63, 3.8) is 0 Å². The lowest BCUT2D eigenvalue weighted by Crippen LogP contribution is -2.31. The van der Waals surface area contributed by atoms with E-state index in [1.54, 1.807) is 0 Å². The lowest BCUT2D eigenvalue weighted by molar-refractivity contribution is 0.205. The molecule has 3 rings (SSSR count). The molecule has 2 heterocycles. The SMILES string of the molecule is c1cc(CN2CC3CCC2C3)c[nH]1. The maximum atomic E-state index is 3.12. The Morgan fingerprint density at radius 1 is 1.46 bits per heavy atom. The van der Waals surface area contributed by atoms with E-state index in [2.05, 4.69) is 22.1 Å². The normalized spacial score (nSPS) is 32.9. The number of H-pyrrole nitrogens is 1.